The number of carbonyl (C=O) groups excluding carboxylic acids is 1. The molecule has 0 aliphatic rings. The molecule has 3 heteroatoms. The van der Waals surface area contributed by atoms with Gasteiger partial charge in [-0.2, -0.15) is 0 Å². The van der Waals surface area contributed by atoms with E-state index in [1.165, 1.54) is 0 Å². The maximum absolute atomic E-state index is 12.4. The summed E-state index contributed by atoms with van der Waals surface area (Å²) in [7, 11) is 1.56. The number of nitrogens with zero attached hydrogens (tertiary/aromatic N) is 1. The second-order valence-corrected chi connectivity index (χ2v) is 4.20. The molecule has 2 rings (SSSR count). The average Bonchev–Trinajstić information content (AvgIpc) is 2.38. The van der Waals surface area contributed by atoms with Crippen molar-refractivity contribution < 1.29 is 9.53 Å². The molecule has 18 heavy (non-hydrogen) atoms. The van der Waals surface area contributed by atoms with Crippen LogP contribution in [0, 0.1) is 13.8 Å². The number of hydrogen-bond acceptors (Lipinski definition) is 3. The van der Waals surface area contributed by atoms with E-state index in [0.29, 0.717) is 17.0 Å². The lowest BCUT2D eigenvalue weighted by Crippen LogP contribution is -2.07. The predicted molar refractivity (Wildman–Crippen MR) is 70.1 cm³/mol. The van der Waals surface area contributed by atoms with Crippen LogP contribution in [0.2, 0.25) is 0 Å². The Morgan fingerprint density at radius 1 is 1.17 bits per heavy atom. The Morgan fingerprint density at radius 2 is 1.94 bits per heavy atom. The first-order valence-corrected chi connectivity index (χ1v) is 5.75. The number of aromatic nitrogens is 1. The Hall–Kier alpha value is -2.16. The lowest BCUT2D eigenvalue weighted by molar-refractivity contribution is 0.103. The fourth-order valence-corrected chi connectivity index (χ4v) is 1.81. The summed E-state index contributed by atoms with van der Waals surface area (Å²) in [5.41, 5.74) is 2.84. The molecular weight excluding hydrogens is 226 g/mol. The third-order valence-electron chi connectivity index (χ3n) is 2.72. The quantitative estimate of drug-likeness (QED) is 0.775. The minimum atomic E-state index is -0.112. The molecule has 3 nitrogen and oxygen atoms in total. The van der Waals surface area contributed by atoms with Crippen LogP contribution in [0.4, 0.5) is 0 Å². The summed E-state index contributed by atoms with van der Waals surface area (Å²) in [6.45, 7) is 3.81. The van der Waals surface area contributed by atoms with Crippen LogP contribution in [0.1, 0.15) is 27.3 Å². The summed E-state index contributed by atoms with van der Waals surface area (Å²) in [5.74, 6) is 0.466. The van der Waals surface area contributed by atoms with Gasteiger partial charge < -0.3 is 4.74 Å². The molecule has 0 unspecified atom stereocenters. The molecule has 92 valence electrons. The number of benzene rings is 1. The fraction of sp³-hybridized carbons (Fsp3) is 0.200. The van der Waals surface area contributed by atoms with E-state index < -0.39 is 0 Å². The van der Waals surface area contributed by atoms with Gasteiger partial charge in [-0.1, -0.05) is 17.7 Å². The second-order valence-electron chi connectivity index (χ2n) is 4.20. The first-order valence-electron chi connectivity index (χ1n) is 5.75. The molecule has 1 heterocycles. The highest BCUT2D eigenvalue weighted by atomic mass is 16.5. The van der Waals surface area contributed by atoms with Gasteiger partial charge in [0.05, 0.1) is 12.7 Å². The molecule has 0 bridgehead atoms. The van der Waals surface area contributed by atoms with Gasteiger partial charge in [-0.25, -0.2) is 4.98 Å². The molecule has 0 atom stereocenters. The lowest BCUT2D eigenvalue weighted by Gasteiger charge is -2.08. The fourth-order valence-electron chi connectivity index (χ4n) is 1.81. The molecule has 1 aromatic carbocycles. The van der Waals surface area contributed by atoms with E-state index in [1.54, 1.807) is 19.2 Å². The highest BCUT2D eigenvalue weighted by Crippen LogP contribution is 2.22. The molecule has 0 saturated heterocycles. The van der Waals surface area contributed by atoms with E-state index in [9.17, 15) is 4.79 Å². The lowest BCUT2D eigenvalue weighted by atomic mass is 10.0. The predicted octanol–water partition coefficient (Wildman–Crippen LogP) is 2.94. The van der Waals surface area contributed by atoms with E-state index in [2.05, 4.69) is 4.98 Å². The summed E-state index contributed by atoms with van der Waals surface area (Å²) >= 11 is 0. The Labute approximate surface area is 106 Å². The van der Waals surface area contributed by atoms with Gasteiger partial charge in [-0.15, -0.1) is 0 Å². The van der Waals surface area contributed by atoms with Crippen molar-refractivity contribution in [3.63, 3.8) is 0 Å². The number of carbonyl (C=O) groups is 1. The first-order chi connectivity index (χ1) is 8.61. The summed E-state index contributed by atoms with van der Waals surface area (Å²) in [4.78, 5) is 16.6. The highest BCUT2D eigenvalue weighted by Gasteiger charge is 2.15. The van der Waals surface area contributed by atoms with Crippen LogP contribution in [0.15, 0.2) is 36.4 Å². The van der Waals surface area contributed by atoms with Crippen LogP contribution in [0.25, 0.3) is 0 Å². The normalized spacial score (nSPS) is 10.2. The van der Waals surface area contributed by atoms with Crippen molar-refractivity contribution in [2.45, 2.75) is 13.8 Å². The van der Waals surface area contributed by atoms with Crippen LogP contribution in [-0.4, -0.2) is 17.9 Å². The molecule has 0 N–H and O–H groups in total. The van der Waals surface area contributed by atoms with Gasteiger partial charge in [0.25, 0.3) is 0 Å². The monoisotopic (exact) mass is 241 g/mol. The van der Waals surface area contributed by atoms with Gasteiger partial charge in [0, 0.05) is 5.69 Å². The maximum Gasteiger partial charge on any atom is 0.215 e. The third-order valence-corrected chi connectivity index (χ3v) is 2.72. The summed E-state index contributed by atoms with van der Waals surface area (Å²) in [6, 6.07) is 11.0. The van der Waals surface area contributed by atoms with Gasteiger partial charge in [0.2, 0.25) is 5.78 Å². The zero-order valence-corrected chi connectivity index (χ0v) is 10.7. The van der Waals surface area contributed by atoms with Crippen LogP contribution >= 0.6 is 0 Å². The van der Waals surface area contributed by atoms with Crippen LogP contribution < -0.4 is 4.74 Å². The number of rotatable bonds is 3. The summed E-state index contributed by atoms with van der Waals surface area (Å²) in [6.07, 6.45) is 0. The Morgan fingerprint density at radius 3 is 2.61 bits per heavy atom. The SMILES string of the molecule is COc1ccc(C)cc1C(=O)c1cccc(C)n1. The molecular formula is C15H15NO2. The van der Waals surface area contributed by atoms with Crippen molar-refractivity contribution in [3.8, 4) is 5.75 Å². The number of pyridine rings is 1. The van der Waals surface area contributed by atoms with E-state index >= 15 is 0 Å². The molecule has 1 aromatic heterocycles. The molecule has 0 aliphatic heterocycles. The Balaban J connectivity index is 2.48. The van der Waals surface area contributed by atoms with Gasteiger partial charge in [0.15, 0.2) is 0 Å². The van der Waals surface area contributed by atoms with Crippen molar-refractivity contribution in [1.82, 2.24) is 4.98 Å². The van der Waals surface area contributed by atoms with Gasteiger partial charge in [0.1, 0.15) is 11.4 Å². The number of methoxy groups -OCH3 is 1. The van der Waals surface area contributed by atoms with Crippen molar-refractivity contribution in [2.24, 2.45) is 0 Å². The standard InChI is InChI=1S/C15H15NO2/c1-10-7-8-14(18-3)12(9-10)15(17)13-6-4-5-11(2)16-13/h4-9H,1-3H3. The molecule has 0 amide bonds. The van der Waals surface area contributed by atoms with E-state index in [1.807, 2.05) is 38.1 Å². The Bertz CT molecular complexity index is 591. The average molecular weight is 241 g/mol. The second kappa shape index (κ2) is 5.00. The van der Waals surface area contributed by atoms with E-state index in [4.69, 9.17) is 4.74 Å². The molecule has 0 fully saturated rings. The van der Waals surface area contributed by atoms with Crippen molar-refractivity contribution in [1.29, 1.82) is 0 Å². The van der Waals surface area contributed by atoms with Gasteiger partial charge >= 0.3 is 0 Å². The topological polar surface area (TPSA) is 39.2 Å². The molecule has 2 aromatic rings. The minimum absolute atomic E-state index is 0.112. The van der Waals surface area contributed by atoms with Gasteiger partial charge in [-0.05, 0) is 38.1 Å². The molecule has 0 saturated carbocycles. The number of ketones is 1. The van der Waals surface area contributed by atoms with Gasteiger partial charge in [-0.3, -0.25) is 4.79 Å². The summed E-state index contributed by atoms with van der Waals surface area (Å²) in [5, 5.41) is 0. The largest absolute Gasteiger partial charge is 0.496 e. The van der Waals surface area contributed by atoms with Crippen LogP contribution in [0.3, 0.4) is 0 Å². The van der Waals surface area contributed by atoms with E-state index in [0.717, 1.165) is 11.3 Å². The number of hydrogen-bond donors (Lipinski definition) is 0. The van der Waals surface area contributed by atoms with Crippen molar-refractivity contribution in [2.75, 3.05) is 7.11 Å². The molecule has 0 aliphatic carbocycles. The maximum atomic E-state index is 12.4. The van der Waals surface area contributed by atoms with E-state index in [-0.39, 0.29) is 5.78 Å². The first kappa shape index (κ1) is 12.3. The highest BCUT2D eigenvalue weighted by molar-refractivity contribution is 6.09. The summed E-state index contributed by atoms with van der Waals surface area (Å²) < 4.78 is 5.22. The van der Waals surface area contributed by atoms with Crippen molar-refractivity contribution >= 4 is 5.78 Å². The smallest absolute Gasteiger partial charge is 0.215 e. The van der Waals surface area contributed by atoms with Crippen LogP contribution in [0.5, 0.6) is 5.75 Å². The number of aryl methyl sites for hydroxylation is 2. The number of ether oxygens (including phenoxy) is 1. The van der Waals surface area contributed by atoms with Crippen molar-refractivity contribution in [3.05, 3.63) is 58.9 Å². The molecule has 0 spiro atoms. The van der Waals surface area contributed by atoms with Crippen LogP contribution in [-0.2, 0) is 0 Å². The molecule has 0 radical (unpaired) electrons. The zero-order chi connectivity index (χ0) is 13.1. The zero-order valence-electron chi connectivity index (χ0n) is 10.7. The minimum Gasteiger partial charge on any atom is -0.496 e. The third kappa shape index (κ3) is 2.40. The Kier molecular flexibility index (Phi) is 3.42.